The van der Waals surface area contributed by atoms with Gasteiger partial charge in [0, 0.05) is 56.9 Å². The van der Waals surface area contributed by atoms with Crippen LogP contribution >= 0.6 is 0 Å². The topological polar surface area (TPSA) is 101 Å². The molecule has 0 unspecified atom stereocenters. The summed E-state index contributed by atoms with van der Waals surface area (Å²) in [4.78, 5) is 44.6. The summed E-state index contributed by atoms with van der Waals surface area (Å²) in [7, 11) is 4.72. The van der Waals surface area contributed by atoms with E-state index in [1.54, 1.807) is 32.2 Å². The average Bonchev–Trinajstić information content (AvgIpc) is 2.85. The van der Waals surface area contributed by atoms with E-state index in [2.05, 4.69) is 10.2 Å². The number of urea groups is 1. The van der Waals surface area contributed by atoms with Gasteiger partial charge in [-0.1, -0.05) is 18.6 Å². The number of nitrogens with zero attached hydrogens (tertiary/aromatic N) is 3. The second-order valence-corrected chi connectivity index (χ2v) is 9.33. The molecule has 4 rings (SSSR count). The summed E-state index contributed by atoms with van der Waals surface area (Å²) >= 11 is 0. The van der Waals surface area contributed by atoms with Crippen molar-refractivity contribution in [2.75, 3.05) is 60.6 Å². The SMILES string of the molecule is CCOC(=O)C1=C(CN2CCN(C(=O)C3CCC3)CC2)N(C)C(=O)N[C@@H]1c1cccc(OC)c1OC. The molecule has 1 atom stereocenters. The van der Waals surface area contributed by atoms with Crippen LogP contribution in [0.5, 0.6) is 11.5 Å². The van der Waals surface area contributed by atoms with Crippen molar-refractivity contribution in [1.82, 2.24) is 20.0 Å². The quantitative estimate of drug-likeness (QED) is 0.546. The summed E-state index contributed by atoms with van der Waals surface area (Å²) in [6.07, 6.45) is 3.11. The molecule has 2 aliphatic heterocycles. The van der Waals surface area contributed by atoms with Crippen molar-refractivity contribution < 1.29 is 28.6 Å². The van der Waals surface area contributed by atoms with Crippen LogP contribution in [0.2, 0.25) is 0 Å². The summed E-state index contributed by atoms with van der Waals surface area (Å²) in [6.45, 7) is 4.95. The fourth-order valence-corrected chi connectivity index (χ4v) is 5.02. The third-order valence-electron chi connectivity index (χ3n) is 7.33. The zero-order valence-corrected chi connectivity index (χ0v) is 21.5. The van der Waals surface area contributed by atoms with Gasteiger partial charge in [0.1, 0.15) is 0 Å². The summed E-state index contributed by atoms with van der Waals surface area (Å²) in [5.41, 5.74) is 1.54. The maximum absolute atomic E-state index is 13.3. The number of hydrogen-bond donors (Lipinski definition) is 1. The van der Waals surface area contributed by atoms with Crippen molar-refractivity contribution in [2.24, 2.45) is 5.92 Å². The minimum absolute atomic E-state index is 0.182. The van der Waals surface area contributed by atoms with Crippen LogP contribution in [-0.2, 0) is 14.3 Å². The molecule has 0 radical (unpaired) electrons. The van der Waals surface area contributed by atoms with Gasteiger partial charge < -0.3 is 24.4 Å². The summed E-state index contributed by atoms with van der Waals surface area (Å²) < 4.78 is 16.5. The van der Waals surface area contributed by atoms with Gasteiger partial charge in [-0.2, -0.15) is 0 Å². The lowest BCUT2D eigenvalue weighted by Gasteiger charge is -2.41. The number of ether oxygens (including phenoxy) is 3. The van der Waals surface area contributed by atoms with E-state index in [1.807, 2.05) is 4.90 Å². The van der Waals surface area contributed by atoms with Crippen molar-refractivity contribution in [3.05, 3.63) is 35.0 Å². The maximum atomic E-state index is 13.3. The van der Waals surface area contributed by atoms with Gasteiger partial charge in [0.25, 0.3) is 0 Å². The molecule has 3 amide bonds. The first-order chi connectivity index (χ1) is 17.4. The van der Waals surface area contributed by atoms with E-state index in [1.165, 1.54) is 19.1 Å². The highest BCUT2D eigenvalue weighted by molar-refractivity contribution is 5.95. The van der Waals surface area contributed by atoms with Gasteiger partial charge in [-0.25, -0.2) is 9.59 Å². The Balaban J connectivity index is 1.64. The summed E-state index contributed by atoms with van der Waals surface area (Å²) in [6, 6.07) is 4.26. The number of rotatable bonds is 8. The largest absolute Gasteiger partial charge is 0.493 e. The minimum Gasteiger partial charge on any atom is -0.493 e. The Morgan fingerprint density at radius 2 is 1.81 bits per heavy atom. The van der Waals surface area contributed by atoms with E-state index in [9.17, 15) is 14.4 Å². The van der Waals surface area contributed by atoms with Crippen molar-refractivity contribution in [2.45, 2.75) is 32.2 Å². The molecule has 196 valence electrons. The molecule has 0 bridgehead atoms. The smallest absolute Gasteiger partial charge is 0.338 e. The van der Waals surface area contributed by atoms with E-state index in [4.69, 9.17) is 14.2 Å². The molecule has 1 saturated heterocycles. The number of esters is 1. The minimum atomic E-state index is -0.769. The van der Waals surface area contributed by atoms with Gasteiger partial charge in [-0.3, -0.25) is 14.6 Å². The number of methoxy groups -OCH3 is 2. The molecule has 1 saturated carbocycles. The van der Waals surface area contributed by atoms with Gasteiger partial charge >= 0.3 is 12.0 Å². The highest BCUT2D eigenvalue weighted by Crippen LogP contribution is 2.40. The molecule has 0 spiro atoms. The van der Waals surface area contributed by atoms with Crippen molar-refractivity contribution >= 4 is 17.9 Å². The zero-order valence-electron chi connectivity index (χ0n) is 21.5. The Kier molecular flexibility index (Phi) is 8.03. The van der Waals surface area contributed by atoms with Crippen molar-refractivity contribution in [3.63, 3.8) is 0 Å². The first kappa shape index (κ1) is 25.8. The van der Waals surface area contributed by atoms with E-state index < -0.39 is 12.0 Å². The molecule has 2 fully saturated rings. The highest BCUT2D eigenvalue weighted by Gasteiger charge is 2.39. The van der Waals surface area contributed by atoms with Crippen LogP contribution in [0.15, 0.2) is 29.5 Å². The van der Waals surface area contributed by atoms with E-state index in [0.717, 1.165) is 19.3 Å². The van der Waals surface area contributed by atoms with Crippen LogP contribution in [0.4, 0.5) is 4.79 Å². The van der Waals surface area contributed by atoms with Crippen LogP contribution in [-0.4, -0.2) is 93.2 Å². The highest BCUT2D eigenvalue weighted by atomic mass is 16.5. The molecule has 1 aromatic carbocycles. The predicted octanol–water partition coefficient (Wildman–Crippen LogP) is 2.16. The van der Waals surface area contributed by atoms with Gasteiger partial charge in [0.15, 0.2) is 11.5 Å². The first-order valence-corrected chi connectivity index (χ1v) is 12.6. The molecule has 1 N–H and O–H groups in total. The van der Waals surface area contributed by atoms with Gasteiger partial charge in [0.2, 0.25) is 5.91 Å². The van der Waals surface area contributed by atoms with Crippen LogP contribution in [0.1, 0.15) is 37.8 Å². The van der Waals surface area contributed by atoms with Crippen LogP contribution < -0.4 is 14.8 Å². The third-order valence-corrected chi connectivity index (χ3v) is 7.33. The predicted molar refractivity (Wildman–Crippen MR) is 133 cm³/mol. The Hall–Kier alpha value is -3.27. The standard InChI is InChI=1S/C26H36N4O6/c1-5-36-25(32)21-19(16-29-12-14-30(15-13-29)24(31)17-8-6-9-17)28(2)26(33)27-22(21)18-10-7-11-20(34-3)23(18)35-4/h7,10-11,17,22H,5-6,8-9,12-16H2,1-4H3,(H,27,33)/t22-/m1/s1. The lowest BCUT2D eigenvalue weighted by molar-refractivity contribution is -0.140. The molecule has 10 nitrogen and oxygen atoms in total. The van der Waals surface area contributed by atoms with Gasteiger partial charge in [-0.05, 0) is 25.8 Å². The number of hydrogen-bond acceptors (Lipinski definition) is 7. The molecule has 2 heterocycles. The number of nitrogens with one attached hydrogen (secondary N) is 1. The monoisotopic (exact) mass is 500 g/mol. The van der Waals surface area contributed by atoms with E-state index in [0.29, 0.717) is 61.1 Å². The van der Waals surface area contributed by atoms with E-state index >= 15 is 0 Å². The lowest BCUT2D eigenvalue weighted by Crippen LogP contribution is -2.54. The molecule has 36 heavy (non-hydrogen) atoms. The van der Waals surface area contributed by atoms with Crippen molar-refractivity contribution in [1.29, 1.82) is 0 Å². The number of carbonyl (C=O) groups excluding carboxylic acids is 3. The number of benzene rings is 1. The molecule has 3 aliphatic rings. The van der Waals surface area contributed by atoms with Gasteiger partial charge in [-0.15, -0.1) is 0 Å². The fraction of sp³-hybridized carbons (Fsp3) is 0.577. The average molecular weight is 501 g/mol. The second kappa shape index (κ2) is 11.2. The van der Waals surface area contributed by atoms with E-state index in [-0.39, 0.29) is 24.5 Å². The number of carbonyl (C=O) groups is 3. The Morgan fingerprint density at radius 3 is 2.39 bits per heavy atom. The Morgan fingerprint density at radius 1 is 1.08 bits per heavy atom. The molecule has 1 aliphatic carbocycles. The second-order valence-electron chi connectivity index (χ2n) is 9.33. The fourth-order valence-electron chi connectivity index (χ4n) is 5.02. The molecule has 10 heteroatoms. The number of amides is 3. The van der Waals surface area contributed by atoms with Crippen LogP contribution in [0.3, 0.4) is 0 Å². The Labute approximate surface area is 212 Å². The third kappa shape index (κ3) is 5.00. The molecular formula is C26H36N4O6. The Bertz CT molecular complexity index is 1030. The number of likely N-dealkylation sites (N-methyl/N-ethyl adjacent to an activating group) is 1. The maximum Gasteiger partial charge on any atom is 0.338 e. The molecule has 1 aromatic rings. The number of para-hydroxylation sites is 1. The lowest BCUT2D eigenvalue weighted by atomic mass is 9.84. The summed E-state index contributed by atoms with van der Waals surface area (Å²) in [5.74, 6) is 0.889. The zero-order chi connectivity index (χ0) is 25.8. The van der Waals surface area contributed by atoms with Crippen LogP contribution in [0, 0.1) is 5.92 Å². The normalized spacial score (nSPS) is 21.1. The van der Waals surface area contributed by atoms with Gasteiger partial charge in [0.05, 0.1) is 32.4 Å². The number of piperazine rings is 1. The first-order valence-electron chi connectivity index (χ1n) is 12.6. The van der Waals surface area contributed by atoms with Crippen LogP contribution in [0.25, 0.3) is 0 Å². The summed E-state index contributed by atoms with van der Waals surface area (Å²) in [5, 5.41) is 2.93. The molecule has 0 aromatic heterocycles. The molecular weight excluding hydrogens is 464 g/mol. The van der Waals surface area contributed by atoms with Crippen molar-refractivity contribution in [3.8, 4) is 11.5 Å².